The number of methoxy groups -OCH3 is 2. The Morgan fingerprint density at radius 3 is 2.34 bits per heavy atom. The van der Waals surface area contributed by atoms with Gasteiger partial charge in [-0.15, -0.1) is 0 Å². The second-order valence-corrected chi connectivity index (χ2v) is 8.95. The Morgan fingerprint density at radius 1 is 0.868 bits per heavy atom. The molecular formula is C30H23BrF2N2O3. The number of ether oxygens (including phenoxy) is 2. The molecule has 0 bridgehead atoms. The Balaban J connectivity index is 0.000000360. The van der Waals surface area contributed by atoms with Crippen LogP contribution < -0.4 is 9.47 Å². The summed E-state index contributed by atoms with van der Waals surface area (Å²) in [4.78, 5) is 17.0. The molecule has 0 aliphatic rings. The fourth-order valence-electron chi connectivity index (χ4n) is 3.73. The molecule has 1 heterocycles. The van der Waals surface area contributed by atoms with Crippen molar-refractivity contribution < 1.29 is 23.0 Å². The first-order valence-corrected chi connectivity index (χ1v) is 12.3. The Bertz CT molecular complexity index is 1550. The number of halogens is 3. The van der Waals surface area contributed by atoms with Gasteiger partial charge in [0.15, 0.2) is 11.6 Å². The highest BCUT2D eigenvalue weighted by Gasteiger charge is 2.15. The van der Waals surface area contributed by atoms with Crippen molar-refractivity contribution in [3.8, 4) is 28.3 Å². The first-order chi connectivity index (χ1) is 18.4. The van der Waals surface area contributed by atoms with E-state index in [9.17, 15) is 13.6 Å². The van der Waals surface area contributed by atoms with E-state index in [1.807, 2.05) is 24.3 Å². The van der Waals surface area contributed by atoms with E-state index in [0.717, 1.165) is 15.7 Å². The number of para-hydroxylation sites is 1. The molecular weight excluding hydrogens is 554 g/mol. The molecule has 0 saturated heterocycles. The van der Waals surface area contributed by atoms with Crippen molar-refractivity contribution in [2.75, 3.05) is 14.2 Å². The van der Waals surface area contributed by atoms with Crippen LogP contribution in [0.5, 0.6) is 11.5 Å². The van der Waals surface area contributed by atoms with Crippen LogP contribution in [0.2, 0.25) is 0 Å². The van der Waals surface area contributed by atoms with Gasteiger partial charge in [0.2, 0.25) is 5.78 Å². The molecule has 0 aliphatic carbocycles. The van der Waals surface area contributed by atoms with Crippen LogP contribution in [0.3, 0.4) is 0 Å². The van der Waals surface area contributed by atoms with Gasteiger partial charge in [0, 0.05) is 27.5 Å². The number of hydrogen-bond donors (Lipinski definition) is 0. The summed E-state index contributed by atoms with van der Waals surface area (Å²) in [6.45, 7) is 0. The number of nitrogens with zero attached hydrogens (tertiary/aromatic N) is 2. The highest BCUT2D eigenvalue weighted by molar-refractivity contribution is 9.10. The standard InChI is InChI=1S/C24H19FN2O3.C6H4BrF/c1-29-19-9-4-7-17(13-19)23(28)22-14-27(15-26-22)18-8-3-6-16(12-18)20-10-5-11-21(25)24(20)30-2;7-5-2-1-3-6(8)4-5/h3-15H,1-2H3;1-4H. The largest absolute Gasteiger partial charge is 0.497 e. The molecule has 0 amide bonds. The molecule has 0 atom stereocenters. The molecule has 192 valence electrons. The van der Waals surface area contributed by atoms with Gasteiger partial charge in [-0.1, -0.05) is 58.4 Å². The molecule has 0 unspecified atom stereocenters. The van der Waals surface area contributed by atoms with Crippen LogP contribution in [0.4, 0.5) is 8.78 Å². The third-order valence-electron chi connectivity index (χ3n) is 5.56. The van der Waals surface area contributed by atoms with Crippen molar-refractivity contribution >= 4 is 21.7 Å². The second kappa shape index (κ2) is 12.3. The van der Waals surface area contributed by atoms with Gasteiger partial charge in [-0.2, -0.15) is 0 Å². The maximum atomic E-state index is 14.1. The van der Waals surface area contributed by atoms with Crippen molar-refractivity contribution in [3.05, 3.63) is 131 Å². The first kappa shape index (κ1) is 26.8. The van der Waals surface area contributed by atoms with Gasteiger partial charge in [-0.05, 0) is 54.1 Å². The maximum absolute atomic E-state index is 14.1. The van der Waals surface area contributed by atoms with Crippen molar-refractivity contribution in [1.29, 1.82) is 0 Å². The van der Waals surface area contributed by atoms with E-state index in [1.54, 1.807) is 72.7 Å². The average molecular weight is 577 g/mol. The van der Waals surface area contributed by atoms with Crippen LogP contribution in [-0.4, -0.2) is 29.6 Å². The Hall–Kier alpha value is -4.30. The Morgan fingerprint density at radius 2 is 1.63 bits per heavy atom. The molecule has 0 N–H and O–H groups in total. The number of rotatable bonds is 6. The number of aromatic nitrogens is 2. The molecule has 0 spiro atoms. The van der Waals surface area contributed by atoms with Gasteiger partial charge in [0.1, 0.15) is 23.6 Å². The van der Waals surface area contributed by atoms with Crippen molar-refractivity contribution in [2.45, 2.75) is 0 Å². The average Bonchev–Trinajstić information content (AvgIpc) is 3.43. The third-order valence-corrected chi connectivity index (χ3v) is 6.05. The Kier molecular flexibility index (Phi) is 8.66. The van der Waals surface area contributed by atoms with E-state index in [0.29, 0.717) is 22.6 Å². The smallest absolute Gasteiger partial charge is 0.213 e. The summed E-state index contributed by atoms with van der Waals surface area (Å²) in [6.07, 6.45) is 3.25. The van der Waals surface area contributed by atoms with Crippen LogP contribution in [-0.2, 0) is 0 Å². The predicted octanol–water partition coefficient (Wildman–Crippen LogP) is 7.51. The van der Waals surface area contributed by atoms with Crippen molar-refractivity contribution in [3.63, 3.8) is 0 Å². The molecule has 5 aromatic rings. The van der Waals surface area contributed by atoms with Crippen molar-refractivity contribution in [2.24, 2.45) is 0 Å². The minimum Gasteiger partial charge on any atom is -0.497 e. The highest BCUT2D eigenvalue weighted by Crippen LogP contribution is 2.33. The van der Waals surface area contributed by atoms with Gasteiger partial charge in [0.05, 0.1) is 14.2 Å². The molecule has 0 saturated carbocycles. The van der Waals surface area contributed by atoms with E-state index in [-0.39, 0.29) is 17.3 Å². The van der Waals surface area contributed by atoms with E-state index in [2.05, 4.69) is 20.9 Å². The number of ketones is 1. The zero-order valence-electron chi connectivity index (χ0n) is 20.6. The van der Waals surface area contributed by atoms with Gasteiger partial charge in [-0.3, -0.25) is 4.79 Å². The molecule has 4 aromatic carbocycles. The van der Waals surface area contributed by atoms with Crippen LogP contribution in [0.1, 0.15) is 16.1 Å². The Labute approximate surface area is 227 Å². The summed E-state index contributed by atoms with van der Waals surface area (Å²) in [5.74, 6) is -0.0321. The zero-order valence-corrected chi connectivity index (χ0v) is 22.2. The highest BCUT2D eigenvalue weighted by atomic mass is 79.9. The second-order valence-electron chi connectivity index (χ2n) is 8.04. The normalized spacial score (nSPS) is 10.3. The summed E-state index contributed by atoms with van der Waals surface area (Å²) in [5.41, 5.74) is 3.04. The summed E-state index contributed by atoms with van der Waals surface area (Å²) >= 11 is 3.12. The summed E-state index contributed by atoms with van der Waals surface area (Å²) < 4.78 is 39.2. The van der Waals surface area contributed by atoms with E-state index in [4.69, 9.17) is 9.47 Å². The maximum Gasteiger partial charge on any atom is 0.213 e. The van der Waals surface area contributed by atoms with Crippen LogP contribution >= 0.6 is 15.9 Å². The first-order valence-electron chi connectivity index (χ1n) is 11.5. The van der Waals surface area contributed by atoms with Crippen LogP contribution in [0, 0.1) is 11.6 Å². The van der Waals surface area contributed by atoms with Gasteiger partial charge < -0.3 is 14.0 Å². The molecule has 1 aromatic heterocycles. The van der Waals surface area contributed by atoms with Crippen LogP contribution in [0.25, 0.3) is 16.8 Å². The summed E-state index contributed by atoms with van der Waals surface area (Å²) in [5, 5.41) is 0. The predicted molar refractivity (Wildman–Crippen MR) is 146 cm³/mol. The number of hydrogen-bond acceptors (Lipinski definition) is 4. The minimum absolute atomic E-state index is 0.189. The van der Waals surface area contributed by atoms with E-state index < -0.39 is 5.82 Å². The number of carbonyl (C=O) groups is 1. The fraction of sp³-hybridized carbons (Fsp3) is 0.0667. The summed E-state index contributed by atoms with van der Waals surface area (Å²) in [7, 11) is 3.00. The van der Waals surface area contributed by atoms with Gasteiger partial charge in [0.25, 0.3) is 0 Å². The number of imidazole rings is 1. The quantitative estimate of drug-likeness (QED) is 0.196. The molecule has 8 heteroatoms. The van der Waals surface area contributed by atoms with Crippen LogP contribution in [0.15, 0.2) is 108 Å². The molecule has 38 heavy (non-hydrogen) atoms. The molecule has 5 nitrogen and oxygen atoms in total. The molecule has 0 radical (unpaired) electrons. The monoisotopic (exact) mass is 576 g/mol. The van der Waals surface area contributed by atoms with Gasteiger partial charge >= 0.3 is 0 Å². The zero-order chi connectivity index (χ0) is 27.1. The number of carbonyl (C=O) groups excluding carboxylic acids is 1. The lowest BCUT2D eigenvalue weighted by Gasteiger charge is -2.11. The minimum atomic E-state index is -0.422. The van der Waals surface area contributed by atoms with E-state index in [1.165, 1.54) is 25.3 Å². The molecule has 5 rings (SSSR count). The molecule has 0 aliphatic heterocycles. The lowest BCUT2D eigenvalue weighted by atomic mass is 10.0. The van der Waals surface area contributed by atoms with Gasteiger partial charge in [-0.25, -0.2) is 13.8 Å². The SMILES string of the molecule is COc1cccc(C(=O)c2cn(-c3cccc(-c4cccc(F)c4OC)c3)cn2)c1.Fc1cccc(Br)c1. The lowest BCUT2D eigenvalue weighted by Crippen LogP contribution is -2.02. The lowest BCUT2D eigenvalue weighted by molar-refractivity contribution is 0.103. The summed E-state index contributed by atoms with van der Waals surface area (Å²) in [6, 6.07) is 25.5. The molecule has 0 fully saturated rings. The third kappa shape index (κ3) is 6.33. The fourth-order valence-corrected chi connectivity index (χ4v) is 4.10. The number of benzene rings is 4. The topological polar surface area (TPSA) is 53.4 Å². The van der Waals surface area contributed by atoms with E-state index >= 15 is 0 Å². The van der Waals surface area contributed by atoms with Crippen molar-refractivity contribution in [1.82, 2.24) is 9.55 Å².